The molecule has 134 valence electrons. The van der Waals surface area contributed by atoms with Gasteiger partial charge in [-0.3, -0.25) is 0 Å². The van der Waals surface area contributed by atoms with Gasteiger partial charge in [-0.25, -0.2) is 0 Å². The fraction of sp³-hybridized carbons (Fsp3) is 0.200. The molecule has 0 radical (unpaired) electrons. The number of aromatic amines is 1. The topological polar surface area (TPSA) is 27.8 Å². The molecule has 2 N–H and O–H groups in total. The third-order valence-corrected chi connectivity index (χ3v) is 5.71. The van der Waals surface area contributed by atoms with Crippen LogP contribution in [-0.2, 0) is 13.0 Å². The van der Waals surface area contributed by atoms with Crippen molar-refractivity contribution in [2.24, 2.45) is 0 Å². The summed E-state index contributed by atoms with van der Waals surface area (Å²) in [6.07, 6.45) is 3.59. The molecule has 1 aliphatic carbocycles. The van der Waals surface area contributed by atoms with Crippen LogP contribution in [0, 0.1) is 0 Å². The van der Waals surface area contributed by atoms with E-state index in [0.29, 0.717) is 6.04 Å². The van der Waals surface area contributed by atoms with E-state index in [2.05, 4.69) is 89.2 Å². The second kappa shape index (κ2) is 7.05. The third-order valence-electron chi connectivity index (χ3n) is 5.71. The number of benzene rings is 3. The Kier molecular flexibility index (Phi) is 4.27. The van der Waals surface area contributed by atoms with Gasteiger partial charge in [-0.15, -0.1) is 0 Å². The van der Waals surface area contributed by atoms with E-state index in [0.717, 1.165) is 13.0 Å². The van der Waals surface area contributed by atoms with E-state index >= 15 is 0 Å². The van der Waals surface area contributed by atoms with Gasteiger partial charge in [-0.05, 0) is 53.6 Å². The van der Waals surface area contributed by atoms with Crippen LogP contribution in [0.15, 0.2) is 78.9 Å². The van der Waals surface area contributed by atoms with E-state index < -0.39 is 0 Å². The molecule has 1 atom stereocenters. The Labute approximate surface area is 160 Å². The van der Waals surface area contributed by atoms with Crippen LogP contribution in [0.5, 0.6) is 0 Å². The molecule has 3 aromatic carbocycles. The Balaban J connectivity index is 1.47. The number of aryl methyl sites for hydroxylation is 1. The molecule has 4 aromatic rings. The summed E-state index contributed by atoms with van der Waals surface area (Å²) in [6.45, 7) is 0.912. The first-order chi connectivity index (χ1) is 13.4. The number of aromatic nitrogens is 1. The van der Waals surface area contributed by atoms with Crippen LogP contribution < -0.4 is 5.32 Å². The summed E-state index contributed by atoms with van der Waals surface area (Å²) < 4.78 is 0. The molecule has 2 nitrogen and oxygen atoms in total. The Morgan fingerprint density at radius 2 is 1.63 bits per heavy atom. The third kappa shape index (κ3) is 3.17. The molecule has 0 fully saturated rings. The number of H-pyrrole nitrogens is 1. The summed E-state index contributed by atoms with van der Waals surface area (Å²) in [5.74, 6) is 0. The molecule has 1 aromatic heterocycles. The van der Waals surface area contributed by atoms with E-state index in [1.165, 1.54) is 51.7 Å². The highest BCUT2D eigenvalue weighted by molar-refractivity contribution is 5.89. The predicted octanol–water partition coefficient (Wildman–Crippen LogP) is 6.00. The van der Waals surface area contributed by atoms with E-state index in [1.54, 1.807) is 0 Å². The average molecular weight is 352 g/mol. The molecule has 0 bridgehead atoms. The van der Waals surface area contributed by atoms with Gasteiger partial charge in [0.1, 0.15) is 0 Å². The van der Waals surface area contributed by atoms with Crippen molar-refractivity contribution in [3.63, 3.8) is 0 Å². The van der Waals surface area contributed by atoms with Gasteiger partial charge in [0.2, 0.25) is 0 Å². The fourth-order valence-electron chi connectivity index (χ4n) is 4.31. The molecule has 27 heavy (non-hydrogen) atoms. The highest BCUT2D eigenvalue weighted by Crippen LogP contribution is 2.36. The molecule has 1 aliphatic rings. The first kappa shape index (κ1) is 16.3. The lowest BCUT2D eigenvalue weighted by Gasteiger charge is -2.24. The number of fused-ring (bicyclic) bond motifs is 3. The summed E-state index contributed by atoms with van der Waals surface area (Å²) in [4.78, 5) is 3.72. The Hall–Kier alpha value is -2.84. The fourth-order valence-corrected chi connectivity index (χ4v) is 4.31. The van der Waals surface area contributed by atoms with Crippen LogP contribution in [0.4, 0.5) is 0 Å². The van der Waals surface area contributed by atoms with Gasteiger partial charge in [-0.1, -0.05) is 66.7 Å². The zero-order valence-electron chi connectivity index (χ0n) is 15.4. The van der Waals surface area contributed by atoms with Crippen molar-refractivity contribution in [3.05, 3.63) is 95.7 Å². The van der Waals surface area contributed by atoms with Gasteiger partial charge >= 0.3 is 0 Å². The number of hydrogen-bond donors (Lipinski definition) is 2. The molecule has 5 rings (SSSR count). The SMILES string of the molecule is c1ccc(CNC2CCCc3c2[nH]c2ccc(-c4ccccc4)cc32)cc1. The van der Waals surface area contributed by atoms with Crippen LogP contribution in [0.3, 0.4) is 0 Å². The molecule has 2 heteroatoms. The van der Waals surface area contributed by atoms with E-state index in [9.17, 15) is 0 Å². The maximum absolute atomic E-state index is 3.77. The van der Waals surface area contributed by atoms with E-state index in [4.69, 9.17) is 0 Å². The van der Waals surface area contributed by atoms with Crippen LogP contribution >= 0.6 is 0 Å². The average Bonchev–Trinajstić information content (AvgIpc) is 3.12. The Bertz CT molecular complexity index is 1050. The zero-order valence-corrected chi connectivity index (χ0v) is 15.4. The predicted molar refractivity (Wildman–Crippen MR) is 113 cm³/mol. The quantitative estimate of drug-likeness (QED) is 0.463. The lowest BCUT2D eigenvalue weighted by molar-refractivity contribution is 0.452. The molecule has 0 spiro atoms. The summed E-state index contributed by atoms with van der Waals surface area (Å²) in [7, 11) is 0. The summed E-state index contributed by atoms with van der Waals surface area (Å²) in [5, 5.41) is 5.16. The van der Waals surface area contributed by atoms with Gasteiger partial charge in [-0.2, -0.15) is 0 Å². The minimum absolute atomic E-state index is 0.404. The molecule has 1 heterocycles. The van der Waals surface area contributed by atoms with Crippen molar-refractivity contribution < 1.29 is 0 Å². The minimum Gasteiger partial charge on any atom is -0.357 e. The maximum atomic E-state index is 3.77. The van der Waals surface area contributed by atoms with Crippen molar-refractivity contribution >= 4 is 10.9 Å². The lowest BCUT2D eigenvalue weighted by atomic mass is 9.91. The second-order valence-electron chi connectivity index (χ2n) is 7.45. The van der Waals surface area contributed by atoms with Crippen molar-refractivity contribution in [1.82, 2.24) is 10.3 Å². The van der Waals surface area contributed by atoms with Crippen LogP contribution in [0.1, 0.15) is 35.7 Å². The monoisotopic (exact) mass is 352 g/mol. The molecule has 0 amide bonds. The minimum atomic E-state index is 0.404. The standard InChI is InChI=1S/C25H24N2/c1-3-8-18(9-4-1)17-26-24-13-7-12-21-22-16-20(19-10-5-2-6-11-19)14-15-23(22)27-25(21)24/h1-6,8-11,14-16,24,26-27H,7,12-13,17H2. The molecule has 0 saturated carbocycles. The van der Waals surface area contributed by atoms with Gasteiger partial charge in [0.25, 0.3) is 0 Å². The number of hydrogen-bond acceptors (Lipinski definition) is 1. The normalized spacial score (nSPS) is 16.4. The molecule has 1 unspecified atom stereocenters. The van der Waals surface area contributed by atoms with E-state index in [-0.39, 0.29) is 0 Å². The summed E-state index contributed by atoms with van der Waals surface area (Å²) >= 11 is 0. The van der Waals surface area contributed by atoms with Gasteiger partial charge in [0.15, 0.2) is 0 Å². The smallest absolute Gasteiger partial charge is 0.0478 e. The summed E-state index contributed by atoms with van der Waals surface area (Å²) in [5.41, 5.74) is 8.06. The van der Waals surface area contributed by atoms with Gasteiger partial charge in [0.05, 0.1) is 0 Å². The molecular formula is C25H24N2. The first-order valence-electron chi connectivity index (χ1n) is 9.86. The zero-order chi connectivity index (χ0) is 18.1. The van der Waals surface area contributed by atoms with E-state index in [1.807, 2.05) is 0 Å². The Morgan fingerprint density at radius 3 is 2.44 bits per heavy atom. The van der Waals surface area contributed by atoms with Crippen molar-refractivity contribution in [2.75, 3.05) is 0 Å². The Morgan fingerprint density at radius 1 is 0.852 bits per heavy atom. The van der Waals surface area contributed by atoms with Gasteiger partial charge < -0.3 is 10.3 Å². The van der Waals surface area contributed by atoms with Crippen LogP contribution in [0.25, 0.3) is 22.0 Å². The lowest BCUT2D eigenvalue weighted by Crippen LogP contribution is -2.24. The molecule has 0 aliphatic heterocycles. The first-order valence-corrected chi connectivity index (χ1v) is 9.86. The molecular weight excluding hydrogens is 328 g/mol. The maximum Gasteiger partial charge on any atom is 0.0478 e. The summed E-state index contributed by atoms with van der Waals surface area (Å²) in [6, 6.07) is 28.6. The van der Waals surface area contributed by atoms with Crippen LogP contribution in [0.2, 0.25) is 0 Å². The van der Waals surface area contributed by atoms with Gasteiger partial charge in [0, 0.05) is 29.2 Å². The highest BCUT2D eigenvalue weighted by atomic mass is 14.9. The van der Waals surface area contributed by atoms with Crippen molar-refractivity contribution in [2.45, 2.75) is 31.8 Å². The highest BCUT2D eigenvalue weighted by Gasteiger charge is 2.24. The number of nitrogens with one attached hydrogen (secondary N) is 2. The van der Waals surface area contributed by atoms with Crippen molar-refractivity contribution in [1.29, 1.82) is 0 Å². The molecule has 0 saturated heterocycles. The second-order valence-corrected chi connectivity index (χ2v) is 7.45. The number of rotatable bonds is 4. The largest absolute Gasteiger partial charge is 0.357 e. The van der Waals surface area contributed by atoms with Crippen LogP contribution in [-0.4, -0.2) is 4.98 Å². The van der Waals surface area contributed by atoms with Crippen molar-refractivity contribution in [3.8, 4) is 11.1 Å².